The van der Waals surface area contributed by atoms with E-state index in [1.165, 1.54) is 11.1 Å². The summed E-state index contributed by atoms with van der Waals surface area (Å²) in [6.07, 6.45) is 0. The Morgan fingerprint density at radius 2 is 2.06 bits per heavy atom. The van der Waals surface area contributed by atoms with Crippen LogP contribution < -0.4 is 5.32 Å². The zero-order chi connectivity index (χ0) is 12.3. The van der Waals surface area contributed by atoms with Crippen molar-refractivity contribution in [3.05, 3.63) is 52.9 Å². The monoisotopic (exact) mass is 230 g/mol. The fourth-order valence-electron chi connectivity index (χ4n) is 1.94. The smallest absolute Gasteiger partial charge is 0.133 e. The predicted molar refractivity (Wildman–Crippen MR) is 67.7 cm³/mol. The average Bonchev–Trinajstić information content (AvgIpc) is 2.73. The number of nitrogens with zero attached hydrogens (tertiary/aromatic N) is 1. The number of aromatic nitrogens is 1. The van der Waals surface area contributed by atoms with Gasteiger partial charge in [-0.15, -0.1) is 0 Å². The van der Waals surface area contributed by atoms with Gasteiger partial charge >= 0.3 is 0 Å². The van der Waals surface area contributed by atoms with Crippen LogP contribution in [0, 0.1) is 13.8 Å². The molecule has 3 nitrogen and oxygen atoms in total. The molecular formula is C14H18N2O. The molecule has 0 saturated heterocycles. The van der Waals surface area contributed by atoms with Crippen molar-refractivity contribution in [1.82, 2.24) is 10.5 Å². The van der Waals surface area contributed by atoms with Gasteiger partial charge in [-0.3, -0.25) is 0 Å². The number of hydrogen-bond acceptors (Lipinski definition) is 3. The maximum Gasteiger partial charge on any atom is 0.133 e. The second kappa shape index (κ2) is 5.15. The van der Waals surface area contributed by atoms with Crippen LogP contribution in [0.25, 0.3) is 0 Å². The topological polar surface area (TPSA) is 38.1 Å². The van der Waals surface area contributed by atoms with Crippen LogP contribution in [0.15, 0.2) is 34.9 Å². The number of benzene rings is 1. The second-order valence-electron chi connectivity index (χ2n) is 4.39. The Morgan fingerprint density at radius 1 is 1.29 bits per heavy atom. The molecule has 2 aromatic rings. The largest absolute Gasteiger partial charge is 0.361 e. The highest BCUT2D eigenvalue weighted by atomic mass is 16.5. The Labute approximate surface area is 102 Å². The van der Waals surface area contributed by atoms with Gasteiger partial charge in [0.25, 0.3) is 0 Å². The number of aryl methyl sites for hydroxylation is 2. The molecule has 1 atom stereocenters. The van der Waals surface area contributed by atoms with Crippen LogP contribution in [0.4, 0.5) is 0 Å². The molecule has 0 bridgehead atoms. The van der Waals surface area contributed by atoms with Gasteiger partial charge < -0.3 is 9.84 Å². The normalized spacial score (nSPS) is 12.6. The Kier molecular flexibility index (Phi) is 3.59. The highest BCUT2D eigenvalue weighted by molar-refractivity contribution is 5.28. The van der Waals surface area contributed by atoms with E-state index in [9.17, 15) is 0 Å². The number of nitrogens with one attached hydrogen (secondary N) is 1. The van der Waals surface area contributed by atoms with E-state index in [2.05, 4.69) is 48.6 Å². The van der Waals surface area contributed by atoms with Crippen molar-refractivity contribution in [1.29, 1.82) is 0 Å². The van der Waals surface area contributed by atoms with E-state index in [1.807, 2.05) is 13.0 Å². The molecule has 0 fully saturated rings. The molecule has 1 aromatic heterocycles. The van der Waals surface area contributed by atoms with Gasteiger partial charge in [0.2, 0.25) is 0 Å². The Balaban J connectivity index is 1.98. The molecule has 3 heteroatoms. The first-order valence-electron chi connectivity index (χ1n) is 5.88. The van der Waals surface area contributed by atoms with Crippen LogP contribution in [-0.2, 0) is 6.54 Å². The van der Waals surface area contributed by atoms with Crippen molar-refractivity contribution in [3.63, 3.8) is 0 Å². The minimum absolute atomic E-state index is 0.313. The highest BCUT2D eigenvalue weighted by Crippen LogP contribution is 2.17. The molecule has 1 N–H and O–H groups in total. The molecule has 0 aliphatic carbocycles. The first-order valence-corrected chi connectivity index (χ1v) is 5.88. The third-order valence-electron chi connectivity index (χ3n) is 2.92. The third-order valence-corrected chi connectivity index (χ3v) is 2.92. The van der Waals surface area contributed by atoms with Crippen molar-refractivity contribution in [2.24, 2.45) is 0 Å². The number of rotatable bonds is 4. The summed E-state index contributed by atoms with van der Waals surface area (Å²) in [6, 6.07) is 10.7. The molecule has 1 aromatic carbocycles. The van der Waals surface area contributed by atoms with E-state index in [4.69, 9.17) is 4.52 Å². The lowest BCUT2D eigenvalue weighted by atomic mass is 10.0. The Hall–Kier alpha value is -1.61. The molecule has 2 rings (SSSR count). The second-order valence-corrected chi connectivity index (χ2v) is 4.39. The molecule has 0 aliphatic rings. The van der Waals surface area contributed by atoms with Gasteiger partial charge in [0.15, 0.2) is 0 Å². The van der Waals surface area contributed by atoms with Crippen molar-refractivity contribution in [2.45, 2.75) is 33.4 Å². The fourth-order valence-corrected chi connectivity index (χ4v) is 1.94. The van der Waals surface area contributed by atoms with E-state index in [1.54, 1.807) is 0 Å². The van der Waals surface area contributed by atoms with Crippen LogP contribution in [0.1, 0.15) is 35.5 Å². The van der Waals surface area contributed by atoms with E-state index >= 15 is 0 Å². The molecule has 0 aliphatic heterocycles. The lowest BCUT2D eigenvalue weighted by molar-refractivity contribution is 0.386. The summed E-state index contributed by atoms with van der Waals surface area (Å²) in [5.41, 5.74) is 3.58. The summed E-state index contributed by atoms with van der Waals surface area (Å²) in [5.74, 6) is 0.852. The van der Waals surface area contributed by atoms with Crippen LogP contribution in [0.3, 0.4) is 0 Å². The van der Waals surface area contributed by atoms with Gasteiger partial charge in [0, 0.05) is 18.7 Å². The Bertz CT molecular complexity index is 490. The highest BCUT2D eigenvalue weighted by Gasteiger charge is 2.08. The molecule has 0 saturated carbocycles. The van der Waals surface area contributed by atoms with Gasteiger partial charge in [-0.25, -0.2) is 0 Å². The zero-order valence-corrected chi connectivity index (χ0v) is 10.5. The number of hydrogen-bond donors (Lipinski definition) is 1. The quantitative estimate of drug-likeness (QED) is 0.876. The summed E-state index contributed by atoms with van der Waals surface area (Å²) in [4.78, 5) is 0. The van der Waals surface area contributed by atoms with E-state index in [0.717, 1.165) is 18.0 Å². The van der Waals surface area contributed by atoms with Gasteiger partial charge in [0.05, 0.1) is 5.69 Å². The summed E-state index contributed by atoms with van der Waals surface area (Å²) in [7, 11) is 0. The summed E-state index contributed by atoms with van der Waals surface area (Å²) < 4.78 is 5.04. The standard InChI is InChI=1S/C14H18N2O/c1-10-6-4-5-7-14(10)12(3)15-9-13-8-11(2)17-16-13/h4-8,12,15H,9H2,1-3H3. The summed E-state index contributed by atoms with van der Waals surface area (Å²) in [6.45, 7) is 6.93. The Morgan fingerprint density at radius 3 is 2.71 bits per heavy atom. The fraction of sp³-hybridized carbons (Fsp3) is 0.357. The zero-order valence-electron chi connectivity index (χ0n) is 10.5. The molecule has 90 valence electrons. The van der Waals surface area contributed by atoms with Gasteiger partial charge in [-0.1, -0.05) is 29.4 Å². The lowest BCUT2D eigenvalue weighted by Crippen LogP contribution is -2.19. The van der Waals surface area contributed by atoms with E-state index in [-0.39, 0.29) is 0 Å². The lowest BCUT2D eigenvalue weighted by Gasteiger charge is -2.15. The average molecular weight is 230 g/mol. The van der Waals surface area contributed by atoms with Crippen molar-refractivity contribution >= 4 is 0 Å². The van der Waals surface area contributed by atoms with E-state index < -0.39 is 0 Å². The molecule has 1 heterocycles. The van der Waals surface area contributed by atoms with Crippen molar-refractivity contribution in [3.8, 4) is 0 Å². The minimum Gasteiger partial charge on any atom is -0.361 e. The summed E-state index contributed by atoms with van der Waals surface area (Å²) >= 11 is 0. The maximum absolute atomic E-state index is 5.04. The molecule has 0 amide bonds. The van der Waals surface area contributed by atoms with Gasteiger partial charge in [-0.05, 0) is 31.9 Å². The molecule has 17 heavy (non-hydrogen) atoms. The van der Waals surface area contributed by atoms with Gasteiger partial charge in [0.1, 0.15) is 5.76 Å². The first-order chi connectivity index (χ1) is 8.16. The summed E-state index contributed by atoms with van der Waals surface area (Å²) in [5, 5.41) is 7.41. The molecular weight excluding hydrogens is 212 g/mol. The van der Waals surface area contributed by atoms with E-state index in [0.29, 0.717) is 6.04 Å². The van der Waals surface area contributed by atoms with Crippen molar-refractivity contribution in [2.75, 3.05) is 0 Å². The van der Waals surface area contributed by atoms with Crippen LogP contribution in [0.2, 0.25) is 0 Å². The van der Waals surface area contributed by atoms with Crippen molar-refractivity contribution < 1.29 is 4.52 Å². The van der Waals surface area contributed by atoms with Gasteiger partial charge in [-0.2, -0.15) is 0 Å². The minimum atomic E-state index is 0.313. The molecule has 0 radical (unpaired) electrons. The molecule has 1 unspecified atom stereocenters. The maximum atomic E-state index is 5.04. The SMILES string of the molecule is Cc1cc(CNC(C)c2ccccc2C)no1. The third kappa shape index (κ3) is 2.94. The van der Waals surface area contributed by atoms with Crippen LogP contribution in [0.5, 0.6) is 0 Å². The first kappa shape index (κ1) is 11.9. The van der Waals surface area contributed by atoms with Crippen LogP contribution >= 0.6 is 0 Å². The predicted octanol–water partition coefficient (Wildman–Crippen LogP) is 3.14. The molecule has 0 spiro atoms. The van der Waals surface area contributed by atoms with Crippen LogP contribution in [-0.4, -0.2) is 5.16 Å².